The molecule has 1 heterocycles. The Hall–Kier alpha value is -3.77. The Morgan fingerprint density at radius 1 is 1.03 bits per heavy atom. The average molecular weight is 525 g/mol. The Balaban J connectivity index is 1.95. The molecule has 2 atom stereocenters. The fraction of sp³-hybridized carbons (Fsp3) is 0.370. The Morgan fingerprint density at radius 2 is 1.66 bits per heavy atom. The van der Waals surface area contributed by atoms with Crippen LogP contribution in [0.3, 0.4) is 0 Å². The van der Waals surface area contributed by atoms with Crippen LogP contribution in [0.15, 0.2) is 60.7 Å². The summed E-state index contributed by atoms with van der Waals surface area (Å²) in [4.78, 5) is 24.9. The number of aryl methyl sites for hydroxylation is 1. The standard InChI is InChI=1S/C27H36N6O5/c1-18-11-9-10-14-20(18)21(16-24(34)35)31-25(36)22-15-23(33(32-22)19-12-7-6-8-13-19)38-17-27(37,30-5)26(2,28-3)29-4/h6-15,21,28-30,37H,16-17H2,1-5H3,(H,31,36)(H,34,35)/t21-,27-/m0/s1. The predicted molar refractivity (Wildman–Crippen MR) is 143 cm³/mol. The van der Waals surface area contributed by atoms with Crippen LogP contribution >= 0.6 is 0 Å². The molecule has 38 heavy (non-hydrogen) atoms. The number of hydrogen-bond donors (Lipinski definition) is 6. The molecule has 3 aromatic rings. The number of ether oxygens (including phenoxy) is 1. The molecular formula is C27H36N6O5. The Kier molecular flexibility index (Phi) is 9.23. The zero-order valence-electron chi connectivity index (χ0n) is 22.3. The smallest absolute Gasteiger partial charge is 0.305 e. The molecule has 3 rings (SSSR count). The van der Waals surface area contributed by atoms with Crippen molar-refractivity contribution in [2.45, 2.75) is 37.7 Å². The van der Waals surface area contributed by atoms with Crippen molar-refractivity contribution in [2.24, 2.45) is 0 Å². The minimum Gasteiger partial charge on any atom is -0.481 e. The fourth-order valence-corrected chi connectivity index (χ4v) is 4.14. The Morgan fingerprint density at radius 3 is 2.24 bits per heavy atom. The van der Waals surface area contributed by atoms with Crippen LogP contribution in [0.4, 0.5) is 0 Å². The van der Waals surface area contributed by atoms with E-state index in [1.807, 2.05) is 37.3 Å². The Labute approximate surface area is 222 Å². The van der Waals surface area contributed by atoms with Crippen molar-refractivity contribution in [1.29, 1.82) is 0 Å². The van der Waals surface area contributed by atoms with E-state index in [9.17, 15) is 19.8 Å². The number of rotatable bonds is 13. The van der Waals surface area contributed by atoms with Gasteiger partial charge in [-0.3, -0.25) is 25.5 Å². The second kappa shape index (κ2) is 12.2. The van der Waals surface area contributed by atoms with E-state index in [-0.39, 0.29) is 24.6 Å². The molecule has 1 aromatic heterocycles. The van der Waals surface area contributed by atoms with Crippen LogP contribution < -0.4 is 26.0 Å². The summed E-state index contributed by atoms with van der Waals surface area (Å²) >= 11 is 0. The largest absolute Gasteiger partial charge is 0.481 e. The van der Waals surface area contributed by atoms with Crippen LogP contribution in [0.5, 0.6) is 5.88 Å². The van der Waals surface area contributed by atoms with Gasteiger partial charge in [0.25, 0.3) is 5.91 Å². The van der Waals surface area contributed by atoms with Gasteiger partial charge in [0.15, 0.2) is 11.4 Å². The average Bonchev–Trinajstić information content (AvgIpc) is 3.36. The number of hydrogen-bond acceptors (Lipinski definition) is 8. The topological polar surface area (TPSA) is 150 Å². The van der Waals surface area contributed by atoms with Crippen LogP contribution in [-0.2, 0) is 4.79 Å². The third-order valence-electron chi connectivity index (χ3n) is 6.83. The summed E-state index contributed by atoms with van der Waals surface area (Å²) in [6, 6.07) is 17.1. The summed E-state index contributed by atoms with van der Waals surface area (Å²) in [5, 5.41) is 37.0. The summed E-state index contributed by atoms with van der Waals surface area (Å²) in [5.41, 5.74) is -0.272. The number of nitrogens with one attached hydrogen (secondary N) is 4. The van der Waals surface area contributed by atoms with E-state index < -0.39 is 29.3 Å². The first kappa shape index (κ1) is 28.8. The third kappa shape index (κ3) is 6.20. The molecular weight excluding hydrogens is 488 g/mol. The van der Waals surface area contributed by atoms with Gasteiger partial charge in [0.1, 0.15) is 12.3 Å². The van der Waals surface area contributed by atoms with Crippen molar-refractivity contribution < 1.29 is 24.5 Å². The Bertz CT molecular complexity index is 1240. The number of aliphatic hydroxyl groups is 1. The van der Waals surface area contributed by atoms with Gasteiger partial charge in [-0.15, -0.1) is 0 Å². The molecule has 2 aromatic carbocycles. The number of aromatic nitrogens is 2. The van der Waals surface area contributed by atoms with Gasteiger partial charge in [0.2, 0.25) is 5.88 Å². The number of carboxylic acid groups (broad SMARTS) is 1. The van der Waals surface area contributed by atoms with E-state index in [0.29, 0.717) is 11.3 Å². The summed E-state index contributed by atoms with van der Waals surface area (Å²) in [6.45, 7) is 3.43. The molecule has 0 aliphatic rings. The van der Waals surface area contributed by atoms with Gasteiger partial charge in [0, 0.05) is 6.07 Å². The zero-order chi connectivity index (χ0) is 27.9. The maximum Gasteiger partial charge on any atom is 0.305 e. The molecule has 6 N–H and O–H groups in total. The lowest BCUT2D eigenvalue weighted by molar-refractivity contribution is -0.137. The highest BCUT2D eigenvalue weighted by Crippen LogP contribution is 2.25. The molecule has 0 spiro atoms. The van der Waals surface area contributed by atoms with Gasteiger partial charge in [-0.25, -0.2) is 4.68 Å². The van der Waals surface area contributed by atoms with E-state index >= 15 is 0 Å². The van der Waals surface area contributed by atoms with Gasteiger partial charge in [0.05, 0.1) is 18.2 Å². The second-order valence-electron chi connectivity index (χ2n) is 9.12. The van der Waals surface area contributed by atoms with Gasteiger partial charge in [-0.05, 0) is 58.3 Å². The van der Waals surface area contributed by atoms with Crippen LogP contribution in [0.2, 0.25) is 0 Å². The van der Waals surface area contributed by atoms with E-state index in [1.165, 1.54) is 10.7 Å². The normalized spacial score (nSPS) is 13.9. The van der Waals surface area contributed by atoms with Crippen molar-refractivity contribution in [2.75, 3.05) is 27.7 Å². The molecule has 0 fully saturated rings. The third-order valence-corrected chi connectivity index (χ3v) is 6.83. The SMILES string of the molecule is CNC(C)(NC)[C@@](O)(COc1cc(C(=O)N[C@@H](CC(=O)O)c2ccccc2C)nn1-c1ccccc1)NC. The number of carboxylic acids is 1. The van der Waals surface area contributed by atoms with E-state index in [0.717, 1.165) is 5.56 Å². The lowest BCUT2D eigenvalue weighted by Gasteiger charge is -2.44. The number of para-hydroxylation sites is 1. The molecule has 0 saturated carbocycles. The minimum absolute atomic E-state index is 0.0332. The van der Waals surface area contributed by atoms with Crippen LogP contribution in [0.25, 0.3) is 5.69 Å². The summed E-state index contributed by atoms with van der Waals surface area (Å²) < 4.78 is 7.49. The van der Waals surface area contributed by atoms with Crippen LogP contribution in [-0.4, -0.2) is 71.0 Å². The predicted octanol–water partition coefficient (Wildman–Crippen LogP) is 1.57. The van der Waals surface area contributed by atoms with Crippen LogP contribution in [0, 0.1) is 6.92 Å². The zero-order valence-corrected chi connectivity index (χ0v) is 22.3. The quantitative estimate of drug-likeness (QED) is 0.183. The number of carbonyl (C=O) groups excluding carboxylic acids is 1. The van der Waals surface area contributed by atoms with Gasteiger partial charge >= 0.3 is 5.97 Å². The van der Waals surface area contributed by atoms with Crippen molar-refractivity contribution in [1.82, 2.24) is 31.0 Å². The van der Waals surface area contributed by atoms with Crippen molar-refractivity contribution in [3.8, 4) is 11.6 Å². The highest BCUT2D eigenvalue weighted by atomic mass is 16.5. The van der Waals surface area contributed by atoms with Gasteiger partial charge < -0.3 is 20.3 Å². The highest BCUT2D eigenvalue weighted by Gasteiger charge is 2.45. The molecule has 1 amide bonds. The minimum atomic E-state index is -1.55. The number of carbonyl (C=O) groups is 2. The maximum atomic E-state index is 13.3. The monoisotopic (exact) mass is 524 g/mol. The highest BCUT2D eigenvalue weighted by molar-refractivity contribution is 5.93. The molecule has 204 valence electrons. The number of amides is 1. The molecule has 0 saturated heterocycles. The van der Waals surface area contributed by atoms with Gasteiger partial charge in [-0.1, -0.05) is 42.5 Å². The molecule has 0 bridgehead atoms. The number of aliphatic carboxylic acids is 1. The number of benzene rings is 2. The molecule has 0 aliphatic heterocycles. The lowest BCUT2D eigenvalue weighted by Crippen LogP contribution is -2.74. The lowest BCUT2D eigenvalue weighted by atomic mass is 9.98. The van der Waals surface area contributed by atoms with Gasteiger partial charge in [-0.2, -0.15) is 5.10 Å². The van der Waals surface area contributed by atoms with Crippen molar-refractivity contribution in [3.05, 3.63) is 77.5 Å². The number of nitrogens with zero attached hydrogens (tertiary/aromatic N) is 2. The van der Waals surface area contributed by atoms with Crippen molar-refractivity contribution in [3.63, 3.8) is 0 Å². The number of likely N-dealkylation sites (N-methyl/N-ethyl adjacent to an activating group) is 3. The molecule has 11 heteroatoms. The van der Waals surface area contributed by atoms with E-state index in [2.05, 4.69) is 26.4 Å². The first-order valence-corrected chi connectivity index (χ1v) is 12.2. The van der Waals surface area contributed by atoms with E-state index in [1.54, 1.807) is 52.3 Å². The molecule has 0 radical (unpaired) electrons. The first-order chi connectivity index (χ1) is 18.1. The molecule has 11 nitrogen and oxygen atoms in total. The summed E-state index contributed by atoms with van der Waals surface area (Å²) in [7, 11) is 5.02. The van der Waals surface area contributed by atoms with Crippen molar-refractivity contribution >= 4 is 11.9 Å². The molecule has 0 unspecified atom stereocenters. The molecule has 0 aliphatic carbocycles. The van der Waals surface area contributed by atoms with Crippen LogP contribution in [0.1, 0.15) is 41.0 Å². The fourth-order valence-electron chi connectivity index (χ4n) is 4.14. The summed E-state index contributed by atoms with van der Waals surface area (Å²) in [6.07, 6.45) is -0.291. The first-order valence-electron chi connectivity index (χ1n) is 12.2. The maximum absolute atomic E-state index is 13.3. The summed E-state index contributed by atoms with van der Waals surface area (Å²) in [5.74, 6) is -1.38. The van der Waals surface area contributed by atoms with E-state index in [4.69, 9.17) is 4.74 Å². The second-order valence-corrected chi connectivity index (χ2v) is 9.12.